The Hall–Kier alpha value is -2.28. The highest BCUT2D eigenvalue weighted by Crippen LogP contribution is 2.30. The summed E-state index contributed by atoms with van der Waals surface area (Å²) in [6.45, 7) is 13.3. The van der Waals surface area contributed by atoms with Crippen LogP contribution in [-0.2, 0) is 0 Å². The molecule has 1 aromatic carbocycles. The summed E-state index contributed by atoms with van der Waals surface area (Å²) in [7, 11) is 0. The lowest BCUT2D eigenvalue weighted by Crippen LogP contribution is -1.81. The third-order valence-corrected chi connectivity index (χ3v) is 2.95. The van der Waals surface area contributed by atoms with E-state index < -0.39 is 0 Å². The molecule has 0 spiro atoms. The molecule has 0 radical (unpaired) electrons. The van der Waals surface area contributed by atoms with Gasteiger partial charge in [0.05, 0.1) is 0 Å². The van der Waals surface area contributed by atoms with Crippen LogP contribution >= 0.6 is 0 Å². The number of aryl methyl sites for hydroxylation is 1. The summed E-state index contributed by atoms with van der Waals surface area (Å²) in [6, 6.07) is 4.15. The van der Waals surface area contributed by atoms with Crippen LogP contribution in [0, 0.1) is 6.92 Å². The van der Waals surface area contributed by atoms with E-state index in [1.54, 1.807) is 18.2 Å². The number of allylic oxidation sites excluding steroid dienone is 2. The Bertz CT molecular complexity index is 654. The second-order valence-electron chi connectivity index (χ2n) is 4.09. The molecule has 1 nitrogen and oxygen atoms in total. The van der Waals surface area contributed by atoms with Crippen molar-refractivity contribution in [2.75, 3.05) is 0 Å². The molecular formula is C17H16O. The van der Waals surface area contributed by atoms with Gasteiger partial charge in [-0.2, -0.15) is 0 Å². The summed E-state index contributed by atoms with van der Waals surface area (Å²) in [5, 5.41) is 1.06. The zero-order chi connectivity index (χ0) is 13.1. The fourth-order valence-corrected chi connectivity index (χ4v) is 2.01. The van der Waals surface area contributed by atoms with Crippen molar-refractivity contribution in [2.45, 2.75) is 6.92 Å². The first-order chi connectivity index (χ1) is 8.71. The number of hydrogen-bond donors (Lipinski definition) is 0. The van der Waals surface area contributed by atoms with Crippen molar-refractivity contribution in [3.63, 3.8) is 0 Å². The van der Waals surface area contributed by atoms with Gasteiger partial charge < -0.3 is 4.42 Å². The summed E-state index contributed by atoms with van der Waals surface area (Å²) >= 11 is 0. The van der Waals surface area contributed by atoms with Gasteiger partial charge in [-0.15, -0.1) is 0 Å². The summed E-state index contributed by atoms with van der Waals surface area (Å²) in [5.41, 5.74) is 4.18. The highest BCUT2D eigenvalue weighted by atomic mass is 16.3. The molecule has 0 amide bonds. The van der Waals surface area contributed by atoms with Crippen LogP contribution in [0.5, 0.6) is 0 Å². The summed E-state index contributed by atoms with van der Waals surface area (Å²) in [4.78, 5) is 0. The molecule has 0 bridgehead atoms. The minimum absolute atomic E-state index is 0.768. The quantitative estimate of drug-likeness (QED) is 0.663. The van der Waals surface area contributed by atoms with E-state index in [1.807, 2.05) is 18.2 Å². The Labute approximate surface area is 107 Å². The summed E-state index contributed by atoms with van der Waals surface area (Å²) < 4.78 is 5.75. The average molecular weight is 236 g/mol. The predicted molar refractivity (Wildman–Crippen MR) is 80.4 cm³/mol. The fourth-order valence-electron chi connectivity index (χ4n) is 2.01. The zero-order valence-electron chi connectivity index (χ0n) is 10.6. The summed E-state index contributed by atoms with van der Waals surface area (Å²) in [5.74, 6) is 0.768. The molecule has 0 N–H and O–H groups in total. The van der Waals surface area contributed by atoms with E-state index in [4.69, 9.17) is 4.42 Å². The highest BCUT2D eigenvalue weighted by Gasteiger charge is 2.10. The van der Waals surface area contributed by atoms with Crippen molar-refractivity contribution in [1.29, 1.82) is 0 Å². The van der Waals surface area contributed by atoms with Gasteiger partial charge in [0, 0.05) is 10.9 Å². The number of rotatable bonds is 4. The van der Waals surface area contributed by atoms with Gasteiger partial charge in [0.25, 0.3) is 0 Å². The van der Waals surface area contributed by atoms with Crippen LogP contribution in [0.3, 0.4) is 0 Å². The molecule has 0 aliphatic heterocycles. The standard InChI is InChI=1S/C17H16O/c1-5-8-9-13-11-15-14(6-2)16(7-3)18-17(15)10-12(13)4/h5-11H,1-3H2,4H3/b9-8-. The molecule has 0 unspecified atom stereocenters. The molecule has 0 aliphatic rings. The van der Waals surface area contributed by atoms with Crippen molar-refractivity contribution >= 4 is 29.2 Å². The van der Waals surface area contributed by atoms with E-state index in [2.05, 4.69) is 32.7 Å². The van der Waals surface area contributed by atoms with E-state index in [0.717, 1.165) is 27.9 Å². The molecule has 1 heterocycles. The first-order valence-corrected chi connectivity index (χ1v) is 5.82. The normalized spacial score (nSPS) is 10.9. The lowest BCUT2D eigenvalue weighted by atomic mass is 10.0. The smallest absolute Gasteiger partial charge is 0.135 e. The van der Waals surface area contributed by atoms with Gasteiger partial charge in [0.1, 0.15) is 11.3 Å². The van der Waals surface area contributed by atoms with Crippen LogP contribution < -0.4 is 0 Å². The highest BCUT2D eigenvalue weighted by molar-refractivity contribution is 5.92. The molecule has 0 fully saturated rings. The van der Waals surface area contributed by atoms with E-state index in [1.165, 1.54) is 5.56 Å². The van der Waals surface area contributed by atoms with Crippen molar-refractivity contribution in [3.05, 3.63) is 66.5 Å². The lowest BCUT2D eigenvalue weighted by molar-refractivity contribution is 0.603. The molecule has 0 atom stereocenters. The zero-order valence-corrected chi connectivity index (χ0v) is 10.6. The van der Waals surface area contributed by atoms with E-state index in [0.29, 0.717) is 0 Å². The second-order valence-corrected chi connectivity index (χ2v) is 4.09. The Morgan fingerprint density at radius 3 is 2.50 bits per heavy atom. The van der Waals surface area contributed by atoms with E-state index in [-0.39, 0.29) is 0 Å². The molecule has 18 heavy (non-hydrogen) atoms. The number of hydrogen-bond acceptors (Lipinski definition) is 1. The van der Waals surface area contributed by atoms with Gasteiger partial charge in [-0.3, -0.25) is 0 Å². The molecule has 2 aromatic rings. The maximum atomic E-state index is 5.75. The Balaban J connectivity index is 2.75. The molecule has 0 saturated carbocycles. The summed E-state index contributed by atoms with van der Waals surface area (Å²) in [6.07, 6.45) is 9.25. The minimum atomic E-state index is 0.768. The molecule has 0 aliphatic carbocycles. The largest absolute Gasteiger partial charge is 0.456 e. The van der Waals surface area contributed by atoms with Crippen LogP contribution in [0.15, 0.2) is 48.4 Å². The van der Waals surface area contributed by atoms with Crippen LogP contribution in [0.1, 0.15) is 22.5 Å². The fraction of sp³-hybridized carbons (Fsp3) is 0.0588. The van der Waals surface area contributed by atoms with Gasteiger partial charge in [-0.1, -0.05) is 44.0 Å². The number of fused-ring (bicyclic) bond motifs is 1. The van der Waals surface area contributed by atoms with Crippen LogP contribution in [0.4, 0.5) is 0 Å². The van der Waals surface area contributed by atoms with Crippen LogP contribution in [-0.4, -0.2) is 0 Å². The third-order valence-electron chi connectivity index (χ3n) is 2.95. The van der Waals surface area contributed by atoms with E-state index >= 15 is 0 Å². The van der Waals surface area contributed by atoms with Gasteiger partial charge in [0.15, 0.2) is 0 Å². The Morgan fingerprint density at radius 2 is 1.89 bits per heavy atom. The maximum Gasteiger partial charge on any atom is 0.135 e. The molecule has 1 aromatic heterocycles. The first kappa shape index (κ1) is 12.2. The number of benzene rings is 1. The topological polar surface area (TPSA) is 13.1 Å². The Kier molecular flexibility index (Phi) is 3.33. The Morgan fingerprint density at radius 1 is 1.11 bits per heavy atom. The SMILES string of the molecule is C=C/C=C\c1cc2c(C=C)c(C=C)oc2cc1C. The first-order valence-electron chi connectivity index (χ1n) is 5.82. The predicted octanol–water partition coefficient (Wildman–Crippen LogP) is 5.23. The van der Waals surface area contributed by atoms with Crippen LogP contribution in [0.2, 0.25) is 0 Å². The lowest BCUT2D eigenvalue weighted by Gasteiger charge is -2.00. The van der Waals surface area contributed by atoms with Gasteiger partial charge >= 0.3 is 0 Å². The van der Waals surface area contributed by atoms with E-state index in [9.17, 15) is 0 Å². The van der Waals surface area contributed by atoms with Crippen molar-refractivity contribution in [2.24, 2.45) is 0 Å². The van der Waals surface area contributed by atoms with Crippen molar-refractivity contribution in [1.82, 2.24) is 0 Å². The average Bonchev–Trinajstić information content (AvgIpc) is 2.72. The second kappa shape index (κ2) is 4.92. The van der Waals surface area contributed by atoms with Crippen molar-refractivity contribution < 1.29 is 4.42 Å². The van der Waals surface area contributed by atoms with Gasteiger partial charge in [-0.05, 0) is 36.3 Å². The van der Waals surface area contributed by atoms with Gasteiger partial charge in [0.2, 0.25) is 0 Å². The van der Waals surface area contributed by atoms with Gasteiger partial charge in [-0.25, -0.2) is 0 Å². The monoisotopic (exact) mass is 236 g/mol. The minimum Gasteiger partial charge on any atom is -0.456 e. The molecule has 0 saturated heterocycles. The maximum absolute atomic E-state index is 5.75. The molecular weight excluding hydrogens is 220 g/mol. The molecule has 90 valence electrons. The molecule has 1 heteroatoms. The van der Waals surface area contributed by atoms with Crippen LogP contribution in [0.25, 0.3) is 29.2 Å². The molecule has 2 rings (SSSR count). The van der Waals surface area contributed by atoms with Crippen molar-refractivity contribution in [3.8, 4) is 0 Å². The number of furan rings is 1. The third kappa shape index (κ3) is 1.95.